The van der Waals surface area contributed by atoms with Crippen molar-refractivity contribution in [2.24, 2.45) is 5.92 Å². The molecule has 1 aromatic carbocycles. The van der Waals surface area contributed by atoms with E-state index in [1.165, 1.54) is 7.11 Å². The summed E-state index contributed by atoms with van der Waals surface area (Å²) in [6.07, 6.45) is 0.765. The largest absolute Gasteiger partial charge is 0.469 e. The molecule has 0 aliphatic heterocycles. The van der Waals surface area contributed by atoms with E-state index < -0.39 is 0 Å². The lowest BCUT2D eigenvalue weighted by Crippen LogP contribution is -2.37. The maximum Gasteiger partial charge on any atom is 0.310 e. The number of benzene rings is 1. The van der Waals surface area contributed by atoms with Crippen molar-refractivity contribution in [3.8, 4) is 0 Å². The number of rotatable bonds is 6. The first-order valence-electron chi connectivity index (χ1n) is 6.14. The highest BCUT2D eigenvalue weighted by Gasteiger charge is 2.23. The highest BCUT2D eigenvalue weighted by Crippen LogP contribution is 2.13. The Morgan fingerprint density at radius 2 is 2.00 bits per heavy atom. The summed E-state index contributed by atoms with van der Waals surface area (Å²) >= 11 is 5.83. The van der Waals surface area contributed by atoms with Gasteiger partial charge in [0.05, 0.1) is 13.0 Å². The van der Waals surface area contributed by atoms with Gasteiger partial charge in [-0.3, -0.25) is 4.79 Å². The second-order valence-electron chi connectivity index (χ2n) is 4.33. The van der Waals surface area contributed by atoms with Crippen molar-refractivity contribution in [3.63, 3.8) is 0 Å². The number of hydrogen-bond acceptors (Lipinski definition) is 3. The number of carbonyl (C=O) groups is 1. The van der Waals surface area contributed by atoms with Crippen LogP contribution in [0.2, 0.25) is 5.02 Å². The molecule has 1 aromatic rings. The third kappa shape index (κ3) is 4.31. The third-order valence-corrected chi connectivity index (χ3v) is 3.34. The Morgan fingerprint density at radius 1 is 1.39 bits per heavy atom. The van der Waals surface area contributed by atoms with E-state index in [1.54, 1.807) is 0 Å². The summed E-state index contributed by atoms with van der Waals surface area (Å²) in [5.74, 6) is -0.268. The van der Waals surface area contributed by atoms with Crippen LogP contribution in [0.4, 0.5) is 0 Å². The number of esters is 1. The summed E-state index contributed by atoms with van der Waals surface area (Å²) in [6, 6.07) is 7.75. The lowest BCUT2D eigenvalue weighted by molar-refractivity contribution is -0.146. The molecular formula is C14H20ClNO2. The van der Waals surface area contributed by atoms with Crippen LogP contribution in [0.5, 0.6) is 0 Å². The zero-order valence-electron chi connectivity index (χ0n) is 11.1. The molecule has 3 nitrogen and oxygen atoms in total. The molecule has 0 saturated carbocycles. The summed E-state index contributed by atoms with van der Waals surface area (Å²) in [6.45, 7) is 4.70. The van der Waals surface area contributed by atoms with E-state index in [0.717, 1.165) is 17.0 Å². The molecule has 0 saturated heterocycles. The monoisotopic (exact) mass is 269 g/mol. The number of halogens is 1. The van der Waals surface area contributed by atoms with Crippen LogP contribution in [0.15, 0.2) is 24.3 Å². The molecule has 2 unspecified atom stereocenters. The van der Waals surface area contributed by atoms with Gasteiger partial charge in [0.2, 0.25) is 0 Å². The van der Waals surface area contributed by atoms with Gasteiger partial charge in [-0.2, -0.15) is 0 Å². The van der Waals surface area contributed by atoms with Gasteiger partial charge in [0.25, 0.3) is 0 Å². The molecule has 100 valence electrons. The van der Waals surface area contributed by atoms with Crippen molar-refractivity contribution in [1.29, 1.82) is 0 Å². The third-order valence-electron chi connectivity index (χ3n) is 3.09. The minimum absolute atomic E-state index is 0.0816. The van der Waals surface area contributed by atoms with Gasteiger partial charge in [0.15, 0.2) is 0 Å². The molecule has 2 atom stereocenters. The lowest BCUT2D eigenvalue weighted by Gasteiger charge is -2.21. The van der Waals surface area contributed by atoms with E-state index in [-0.39, 0.29) is 17.9 Å². The van der Waals surface area contributed by atoms with E-state index in [4.69, 9.17) is 16.3 Å². The van der Waals surface area contributed by atoms with Gasteiger partial charge in [-0.05, 0) is 31.0 Å². The molecule has 0 heterocycles. The Labute approximate surface area is 113 Å². The predicted molar refractivity (Wildman–Crippen MR) is 73.6 cm³/mol. The van der Waals surface area contributed by atoms with Gasteiger partial charge in [-0.1, -0.05) is 30.7 Å². The zero-order chi connectivity index (χ0) is 13.5. The SMILES string of the molecule is CCC(C(=O)OC)C(C)NCc1ccc(Cl)cc1. The van der Waals surface area contributed by atoms with Crippen LogP contribution in [0.3, 0.4) is 0 Å². The van der Waals surface area contributed by atoms with Crippen LogP contribution in [0.1, 0.15) is 25.8 Å². The van der Waals surface area contributed by atoms with E-state index in [0.29, 0.717) is 6.54 Å². The summed E-state index contributed by atoms with van der Waals surface area (Å²) in [5.41, 5.74) is 1.14. The summed E-state index contributed by atoms with van der Waals surface area (Å²) in [4.78, 5) is 11.6. The molecule has 0 radical (unpaired) electrons. The molecule has 18 heavy (non-hydrogen) atoms. The molecule has 0 spiro atoms. The van der Waals surface area contributed by atoms with Crippen LogP contribution < -0.4 is 5.32 Å². The first-order chi connectivity index (χ1) is 8.58. The normalized spacial score (nSPS) is 14.0. The van der Waals surface area contributed by atoms with Crippen molar-refractivity contribution in [2.45, 2.75) is 32.9 Å². The molecular weight excluding hydrogens is 250 g/mol. The average molecular weight is 270 g/mol. The van der Waals surface area contributed by atoms with Crippen LogP contribution in [0, 0.1) is 5.92 Å². The standard InChI is InChI=1S/C14H20ClNO2/c1-4-13(14(17)18-3)10(2)16-9-11-5-7-12(15)8-6-11/h5-8,10,13,16H,4,9H2,1-3H3. The molecule has 0 aromatic heterocycles. The Balaban J connectivity index is 2.51. The van der Waals surface area contributed by atoms with Crippen LogP contribution in [-0.4, -0.2) is 19.1 Å². The Hall–Kier alpha value is -1.06. The predicted octanol–water partition coefficient (Wildman–Crippen LogP) is 3.02. The fraction of sp³-hybridized carbons (Fsp3) is 0.500. The highest BCUT2D eigenvalue weighted by molar-refractivity contribution is 6.30. The van der Waals surface area contributed by atoms with Crippen LogP contribution in [0.25, 0.3) is 0 Å². The first-order valence-corrected chi connectivity index (χ1v) is 6.52. The maximum absolute atomic E-state index is 11.6. The van der Waals surface area contributed by atoms with Crippen LogP contribution in [-0.2, 0) is 16.1 Å². The van der Waals surface area contributed by atoms with Gasteiger partial charge in [-0.25, -0.2) is 0 Å². The van der Waals surface area contributed by atoms with Crippen molar-refractivity contribution in [1.82, 2.24) is 5.32 Å². The van der Waals surface area contributed by atoms with E-state index in [2.05, 4.69) is 5.32 Å². The molecule has 0 fully saturated rings. The molecule has 1 N–H and O–H groups in total. The van der Waals surface area contributed by atoms with Gasteiger partial charge in [0.1, 0.15) is 0 Å². The smallest absolute Gasteiger partial charge is 0.310 e. The van der Waals surface area contributed by atoms with Crippen molar-refractivity contribution in [3.05, 3.63) is 34.9 Å². The average Bonchev–Trinajstić information content (AvgIpc) is 2.38. The molecule has 0 bridgehead atoms. The molecule has 0 amide bonds. The van der Waals surface area contributed by atoms with Gasteiger partial charge < -0.3 is 10.1 Å². The minimum Gasteiger partial charge on any atom is -0.469 e. The fourth-order valence-electron chi connectivity index (χ4n) is 1.90. The second kappa shape index (κ2) is 7.39. The molecule has 0 aliphatic carbocycles. The van der Waals surface area contributed by atoms with Crippen molar-refractivity contribution < 1.29 is 9.53 Å². The number of ether oxygens (including phenoxy) is 1. The number of nitrogens with one attached hydrogen (secondary N) is 1. The van der Waals surface area contributed by atoms with Gasteiger partial charge in [0, 0.05) is 17.6 Å². The Kier molecular flexibility index (Phi) is 6.16. The van der Waals surface area contributed by atoms with Crippen LogP contribution >= 0.6 is 11.6 Å². The number of methoxy groups -OCH3 is 1. The maximum atomic E-state index is 11.6. The molecule has 1 rings (SSSR count). The second-order valence-corrected chi connectivity index (χ2v) is 4.77. The van der Waals surface area contributed by atoms with E-state index in [9.17, 15) is 4.79 Å². The molecule has 0 aliphatic rings. The highest BCUT2D eigenvalue weighted by atomic mass is 35.5. The van der Waals surface area contributed by atoms with E-state index in [1.807, 2.05) is 38.1 Å². The zero-order valence-corrected chi connectivity index (χ0v) is 11.8. The van der Waals surface area contributed by atoms with Crippen molar-refractivity contribution >= 4 is 17.6 Å². The fourth-order valence-corrected chi connectivity index (χ4v) is 2.03. The number of hydrogen-bond donors (Lipinski definition) is 1. The summed E-state index contributed by atoms with van der Waals surface area (Å²) < 4.78 is 4.80. The Bertz CT molecular complexity index is 378. The molecule has 4 heteroatoms. The number of carbonyl (C=O) groups excluding carboxylic acids is 1. The quantitative estimate of drug-likeness (QED) is 0.807. The summed E-state index contributed by atoms with van der Waals surface area (Å²) in [5, 5.41) is 4.07. The van der Waals surface area contributed by atoms with Crippen molar-refractivity contribution in [2.75, 3.05) is 7.11 Å². The first kappa shape index (κ1) is 15.0. The summed E-state index contributed by atoms with van der Waals surface area (Å²) in [7, 11) is 1.43. The minimum atomic E-state index is -0.159. The Morgan fingerprint density at radius 3 is 2.50 bits per heavy atom. The lowest BCUT2D eigenvalue weighted by atomic mass is 9.98. The van der Waals surface area contributed by atoms with Gasteiger partial charge >= 0.3 is 5.97 Å². The topological polar surface area (TPSA) is 38.3 Å². The van der Waals surface area contributed by atoms with Gasteiger partial charge in [-0.15, -0.1) is 0 Å². The van der Waals surface area contributed by atoms with E-state index >= 15 is 0 Å².